The van der Waals surface area contributed by atoms with Gasteiger partial charge in [0.25, 0.3) is 10.2 Å². The maximum absolute atomic E-state index is 13.2. The van der Waals surface area contributed by atoms with Crippen LogP contribution in [-0.2, 0) is 10.2 Å². The van der Waals surface area contributed by atoms with Gasteiger partial charge in [-0.3, -0.25) is 0 Å². The van der Waals surface area contributed by atoms with Crippen molar-refractivity contribution in [3.05, 3.63) is 35.4 Å². The van der Waals surface area contributed by atoms with Crippen LogP contribution in [0.25, 0.3) is 0 Å². The molecule has 0 saturated carbocycles. The average molecular weight is 348 g/mol. The van der Waals surface area contributed by atoms with Crippen molar-refractivity contribution in [1.29, 1.82) is 0 Å². The summed E-state index contributed by atoms with van der Waals surface area (Å²) in [5.74, 6) is -2.09. The molecule has 1 heterocycles. The molecule has 0 radical (unpaired) electrons. The Balaban J connectivity index is 2.06. The Bertz CT molecular complexity index is 632. The van der Waals surface area contributed by atoms with Crippen molar-refractivity contribution in [3.8, 4) is 0 Å². The lowest BCUT2D eigenvalue weighted by molar-refractivity contribution is 0.144. The lowest BCUT2D eigenvalue weighted by Crippen LogP contribution is -2.46. The fourth-order valence-electron chi connectivity index (χ4n) is 2.64. The third kappa shape index (κ3) is 4.69. The monoisotopic (exact) mass is 348 g/mol. The zero-order valence-electron chi connectivity index (χ0n) is 13.0. The van der Waals surface area contributed by atoms with Crippen LogP contribution in [0.1, 0.15) is 44.3 Å². The zero-order valence-corrected chi connectivity index (χ0v) is 13.8. The van der Waals surface area contributed by atoms with Crippen molar-refractivity contribution >= 4 is 10.2 Å². The Morgan fingerprint density at radius 2 is 1.74 bits per heavy atom. The second kappa shape index (κ2) is 7.65. The molecule has 1 aromatic carbocycles. The standard InChI is InChI=1S/C15H22F2N2O3S/c1-11(15(20)12-6-7-13(16)14(17)10-12)18-23(21,22)19-8-4-2-3-5-9-19/h6-7,10-11,15,18,20H,2-5,8-9H2,1H3. The van der Waals surface area contributed by atoms with Crippen LogP contribution in [0.15, 0.2) is 18.2 Å². The van der Waals surface area contributed by atoms with Gasteiger partial charge in [0, 0.05) is 13.1 Å². The summed E-state index contributed by atoms with van der Waals surface area (Å²) in [7, 11) is -3.72. The molecule has 1 aromatic rings. The lowest BCUT2D eigenvalue weighted by Gasteiger charge is -2.26. The predicted molar refractivity (Wildman–Crippen MR) is 82.9 cm³/mol. The number of benzene rings is 1. The summed E-state index contributed by atoms with van der Waals surface area (Å²) in [5.41, 5.74) is 0.120. The average Bonchev–Trinajstić information content (AvgIpc) is 2.78. The minimum atomic E-state index is -3.72. The van der Waals surface area contributed by atoms with Crippen molar-refractivity contribution in [2.24, 2.45) is 0 Å². The Labute approximate surface area is 135 Å². The normalized spacial score (nSPS) is 20.0. The molecule has 8 heteroatoms. The summed E-state index contributed by atoms with van der Waals surface area (Å²) < 4.78 is 54.7. The zero-order chi connectivity index (χ0) is 17.0. The highest BCUT2D eigenvalue weighted by Gasteiger charge is 2.28. The summed E-state index contributed by atoms with van der Waals surface area (Å²) in [6, 6.07) is 2.15. The maximum Gasteiger partial charge on any atom is 0.279 e. The maximum atomic E-state index is 13.2. The first-order chi connectivity index (χ1) is 10.8. The molecule has 0 amide bonds. The Morgan fingerprint density at radius 3 is 2.30 bits per heavy atom. The van der Waals surface area contributed by atoms with E-state index in [0.717, 1.165) is 37.8 Å². The van der Waals surface area contributed by atoms with E-state index in [4.69, 9.17) is 0 Å². The first-order valence-corrected chi connectivity index (χ1v) is 9.15. The van der Waals surface area contributed by atoms with E-state index in [2.05, 4.69) is 4.72 Å². The number of hydrogen-bond donors (Lipinski definition) is 2. The van der Waals surface area contributed by atoms with Crippen LogP contribution in [0.3, 0.4) is 0 Å². The molecule has 2 N–H and O–H groups in total. The molecule has 2 unspecified atom stereocenters. The van der Waals surface area contributed by atoms with E-state index in [1.165, 1.54) is 17.3 Å². The quantitative estimate of drug-likeness (QED) is 0.856. The highest BCUT2D eigenvalue weighted by molar-refractivity contribution is 7.87. The summed E-state index contributed by atoms with van der Waals surface area (Å²) in [6.07, 6.45) is 2.34. The molecule has 0 bridgehead atoms. The minimum absolute atomic E-state index is 0.120. The van der Waals surface area contributed by atoms with Crippen LogP contribution in [0.4, 0.5) is 8.78 Å². The molecular formula is C15H22F2N2O3S. The van der Waals surface area contributed by atoms with Gasteiger partial charge >= 0.3 is 0 Å². The van der Waals surface area contributed by atoms with Gasteiger partial charge in [0.05, 0.1) is 12.1 Å². The van der Waals surface area contributed by atoms with Gasteiger partial charge < -0.3 is 5.11 Å². The number of aliphatic hydroxyl groups is 1. The van der Waals surface area contributed by atoms with E-state index in [9.17, 15) is 22.3 Å². The third-order valence-corrected chi connectivity index (χ3v) is 5.71. The van der Waals surface area contributed by atoms with Gasteiger partial charge in [0.15, 0.2) is 11.6 Å². The topological polar surface area (TPSA) is 69.6 Å². The third-order valence-electron chi connectivity index (χ3n) is 4.00. The van der Waals surface area contributed by atoms with Crippen LogP contribution in [-0.4, -0.2) is 37.0 Å². The van der Waals surface area contributed by atoms with Crippen LogP contribution in [0.5, 0.6) is 0 Å². The second-order valence-electron chi connectivity index (χ2n) is 5.84. The van der Waals surface area contributed by atoms with Gasteiger partial charge in [-0.05, 0) is 37.5 Å². The van der Waals surface area contributed by atoms with Crippen LogP contribution < -0.4 is 4.72 Å². The van der Waals surface area contributed by atoms with Gasteiger partial charge in [-0.15, -0.1) is 0 Å². The fourth-order valence-corrected chi connectivity index (χ4v) is 4.13. The molecule has 1 saturated heterocycles. The second-order valence-corrected chi connectivity index (χ2v) is 7.55. The van der Waals surface area contributed by atoms with E-state index in [-0.39, 0.29) is 5.56 Å². The first kappa shape index (κ1) is 18.3. The summed E-state index contributed by atoms with van der Waals surface area (Å²) in [5, 5.41) is 10.2. The smallest absolute Gasteiger partial charge is 0.279 e. The summed E-state index contributed by atoms with van der Waals surface area (Å²) in [4.78, 5) is 0. The number of rotatable bonds is 5. The summed E-state index contributed by atoms with van der Waals surface area (Å²) >= 11 is 0. The van der Waals surface area contributed by atoms with Gasteiger partial charge in [-0.25, -0.2) is 8.78 Å². The Morgan fingerprint density at radius 1 is 1.13 bits per heavy atom. The molecule has 1 fully saturated rings. The van der Waals surface area contributed by atoms with E-state index in [1.54, 1.807) is 0 Å². The van der Waals surface area contributed by atoms with Crippen molar-refractivity contribution in [2.75, 3.05) is 13.1 Å². The number of nitrogens with zero attached hydrogens (tertiary/aromatic N) is 1. The van der Waals surface area contributed by atoms with E-state index < -0.39 is 34.0 Å². The van der Waals surface area contributed by atoms with Crippen LogP contribution in [0, 0.1) is 11.6 Å². The molecule has 0 spiro atoms. The van der Waals surface area contributed by atoms with Crippen LogP contribution in [0.2, 0.25) is 0 Å². The largest absolute Gasteiger partial charge is 0.387 e. The lowest BCUT2D eigenvalue weighted by atomic mass is 10.0. The molecule has 130 valence electrons. The van der Waals surface area contributed by atoms with E-state index in [1.807, 2.05) is 0 Å². The highest BCUT2D eigenvalue weighted by atomic mass is 32.2. The number of hydrogen-bond acceptors (Lipinski definition) is 3. The number of aliphatic hydroxyl groups excluding tert-OH is 1. The van der Waals surface area contributed by atoms with Crippen molar-refractivity contribution in [2.45, 2.75) is 44.8 Å². The molecule has 1 aliphatic rings. The van der Waals surface area contributed by atoms with Gasteiger partial charge in [-0.1, -0.05) is 18.9 Å². The molecule has 2 rings (SSSR count). The Hall–Kier alpha value is -1.09. The Kier molecular flexibility index (Phi) is 6.07. The van der Waals surface area contributed by atoms with Crippen molar-refractivity contribution in [3.63, 3.8) is 0 Å². The molecule has 0 aromatic heterocycles. The SMILES string of the molecule is CC(NS(=O)(=O)N1CCCCCC1)C(O)c1ccc(F)c(F)c1. The number of nitrogens with one attached hydrogen (secondary N) is 1. The highest BCUT2D eigenvalue weighted by Crippen LogP contribution is 2.21. The van der Waals surface area contributed by atoms with Crippen molar-refractivity contribution in [1.82, 2.24) is 9.03 Å². The van der Waals surface area contributed by atoms with Gasteiger partial charge in [0.2, 0.25) is 0 Å². The summed E-state index contributed by atoms with van der Waals surface area (Å²) in [6.45, 7) is 2.38. The van der Waals surface area contributed by atoms with Gasteiger partial charge in [-0.2, -0.15) is 17.4 Å². The first-order valence-electron chi connectivity index (χ1n) is 7.71. The van der Waals surface area contributed by atoms with E-state index in [0.29, 0.717) is 13.1 Å². The molecule has 0 aliphatic carbocycles. The molecule has 23 heavy (non-hydrogen) atoms. The predicted octanol–water partition coefficient (Wildman–Crippen LogP) is 2.10. The van der Waals surface area contributed by atoms with E-state index >= 15 is 0 Å². The van der Waals surface area contributed by atoms with Crippen molar-refractivity contribution < 1.29 is 22.3 Å². The minimum Gasteiger partial charge on any atom is -0.387 e. The molecule has 2 atom stereocenters. The van der Waals surface area contributed by atoms with Crippen LogP contribution >= 0.6 is 0 Å². The number of halogens is 2. The molecular weight excluding hydrogens is 326 g/mol. The van der Waals surface area contributed by atoms with Gasteiger partial charge in [0.1, 0.15) is 0 Å². The molecule has 5 nitrogen and oxygen atoms in total. The fraction of sp³-hybridized carbons (Fsp3) is 0.600. The molecule has 1 aliphatic heterocycles.